The summed E-state index contributed by atoms with van der Waals surface area (Å²) in [6.45, 7) is 5.43. The molecule has 2 fully saturated rings. The number of aromatic amines is 1. The van der Waals surface area contributed by atoms with Crippen molar-refractivity contribution in [2.45, 2.75) is 45.1 Å². The SMILES string of the molecule is CC[C@]12CS(=O)(=O)N(C)[C@@H](C1C)[C@H](n1cc(C)c(=O)[nH]c1=O)O2. The van der Waals surface area contributed by atoms with Crippen LogP contribution in [0.1, 0.15) is 32.1 Å². The van der Waals surface area contributed by atoms with E-state index in [9.17, 15) is 18.0 Å². The number of aromatic nitrogens is 2. The zero-order valence-corrected chi connectivity index (χ0v) is 14.4. The molecule has 0 radical (unpaired) electrons. The monoisotopic (exact) mass is 343 g/mol. The number of H-pyrrole nitrogens is 1. The van der Waals surface area contributed by atoms with Crippen LogP contribution in [-0.2, 0) is 14.8 Å². The van der Waals surface area contributed by atoms with E-state index in [4.69, 9.17) is 4.74 Å². The summed E-state index contributed by atoms with van der Waals surface area (Å²) in [7, 11) is -1.94. The van der Waals surface area contributed by atoms with Crippen LogP contribution in [0.5, 0.6) is 0 Å². The molecule has 0 aliphatic carbocycles. The minimum Gasteiger partial charge on any atom is -0.348 e. The molecule has 9 heteroatoms. The summed E-state index contributed by atoms with van der Waals surface area (Å²) in [5, 5.41) is 0. The molecule has 1 aromatic heterocycles. The molecule has 3 heterocycles. The molecule has 0 aromatic carbocycles. The second kappa shape index (κ2) is 5.02. The van der Waals surface area contributed by atoms with Crippen molar-refractivity contribution >= 4 is 10.0 Å². The number of hydrogen-bond donors (Lipinski definition) is 1. The average Bonchev–Trinajstić information content (AvgIpc) is 2.69. The van der Waals surface area contributed by atoms with E-state index >= 15 is 0 Å². The number of hydrogen-bond acceptors (Lipinski definition) is 5. The molecule has 1 N–H and O–H groups in total. The van der Waals surface area contributed by atoms with Crippen LogP contribution >= 0.6 is 0 Å². The Bertz CT molecular complexity index is 858. The molecular formula is C14H21N3O5S. The summed E-state index contributed by atoms with van der Waals surface area (Å²) in [6, 6.07) is -0.489. The fourth-order valence-corrected chi connectivity index (χ4v) is 5.75. The smallest absolute Gasteiger partial charge is 0.330 e. The lowest BCUT2D eigenvalue weighted by Crippen LogP contribution is -2.56. The number of likely N-dealkylation sites (N-methyl/N-ethyl adjacent to an activating group) is 1. The molecule has 23 heavy (non-hydrogen) atoms. The first kappa shape index (κ1) is 16.4. The average molecular weight is 343 g/mol. The molecule has 0 amide bonds. The van der Waals surface area contributed by atoms with Crippen LogP contribution in [0.25, 0.3) is 0 Å². The summed E-state index contributed by atoms with van der Waals surface area (Å²) in [6.07, 6.45) is 1.21. The number of fused-ring (bicyclic) bond motifs is 2. The molecular weight excluding hydrogens is 322 g/mol. The Kier molecular flexibility index (Phi) is 3.58. The second-order valence-electron chi connectivity index (χ2n) is 6.46. The van der Waals surface area contributed by atoms with E-state index in [1.54, 1.807) is 6.92 Å². The van der Waals surface area contributed by atoms with E-state index in [2.05, 4.69) is 4.98 Å². The number of nitrogens with zero attached hydrogens (tertiary/aromatic N) is 2. The zero-order chi connectivity index (χ0) is 17.2. The molecule has 2 aliphatic heterocycles. The van der Waals surface area contributed by atoms with E-state index in [1.807, 2.05) is 13.8 Å². The van der Waals surface area contributed by atoms with E-state index in [0.29, 0.717) is 12.0 Å². The van der Waals surface area contributed by atoms with Gasteiger partial charge in [-0.1, -0.05) is 13.8 Å². The predicted molar refractivity (Wildman–Crippen MR) is 83.7 cm³/mol. The summed E-state index contributed by atoms with van der Waals surface area (Å²) < 4.78 is 33.6. The third-order valence-electron chi connectivity index (χ3n) is 5.29. The van der Waals surface area contributed by atoms with Crippen molar-refractivity contribution < 1.29 is 13.2 Å². The van der Waals surface area contributed by atoms with Gasteiger partial charge < -0.3 is 4.74 Å². The fourth-order valence-electron chi connectivity index (χ4n) is 3.74. The Morgan fingerprint density at radius 1 is 1.43 bits per heavy atom. The van der Waals surface area contributed by atoms with Crippen LogP contribution in [0, 0.1) is 12.8 Å². The maximum atomic E-state index is 12.4. The van der Waals surface area contributed by atoms with Crippen molar-refractivity contribution in [2.75, 3.05) is 12.8 Å². The van der Waals surface area contributed by atoms with Gasteiger partial charge in [0.2, 0.25) is 10.0 Å². The number of nitrogens with one attached hydrogen (secondary N) is 1. The Labute approximate surface area is 134 Å². The Balaban J connectivity index is 2.18. The number of rotatable bonds is 2. The number of ether oxygens (including phenoxy) is 1. The standard InChI is InChI=1S/C14H21N3O5S/c1-5-14-7-23(20,21)16(4)10(9(14)3)12(22-14)17-6-8(2)11(18)15-13(17)19/h6,9-10,12H,5,7H2,1-4H3,(H,15,18,19)/t9?,10-,12+,14-/m0/s1. The summed E-state index contributed by atoms with van der Waals surface area (Å²) in [5.41, 5.74) is -1.49. The molecule has 1 aromatic rings. The van der Waals surface area contributed by atoms with Gasteiger partial charge in [0.25, 0.3) is 5.56 Å². The molecule has 3 rings (SSSR count). The summed E-state index contributed by atoms with van der Waals surface area (Å²) >= 11 is 0. The van der Waals surface area contributed by atoms with Gasteiger partial charge in [-0.05, 0) is 13.3 Å². The fraction of sp³-hybridized carbons (Fsp3) is 0.714. The molecule has 8 nitrogen and oxygen atoms in total. The normalized spacial score (nSPS) is 36.3. The molecule has 2 saturated heterocycles. The van der Waals surface area contributed by atoms with E-state index in [-0.39, 0.29) is 11.7 Å². The van der Waals surface area contributed by atoms with Crippen molar-refractivity contribution in [1.29, 1.82) is 0 Å². The third kappa shape index (κ3) is 2.21. The Morgan fingerprint density at radius 2 is 2.09 bits per heavy atom. The first-order valence-corrected chi connectivity index (χ1v) is 9.19. The largest absolute Gasteiger partial charge is 0.348 e. The maximum absolute atomic E-state index is 12.4. The number of sulfonamides is 1. The Hall–Kier alpha value is -1.45. The van der Waals surface area contributed by atoms with Crippen molar-refractivity contribution in [2.24, 2.45) is 5.92 Å². The van der Waals surface area contributed by atoms with Gasteiger partial charge in [-0.3, -0.25) is 14.3 Å². The highest BCUT2D eigenvalue weighted by Gasteiger charge is 2.61. The topological polar surface area (TPSA) is 101 Å². The van der Waals surface area contributed by atoms with Gasteiger partial charge in [0.15, 0.2) is 6.23 Å². The van der Waals surface area contributed by atoms with Gasteiger partial charge in [-0.25, -0.2) is 13.2 Å². The lowest BCUT2D eigenvalue weighted by Gasteiger charge is -2.40. The summed E-state index contributed by atoms with van der Waals surface area (Å²) in [5.74, 6) is -0.164. The van der Waals surface area contributed by atoms with Crippen LogP contribution in [0.2, 0.25) is 0 Å². The second-order valence-corrected chi connectivity index (χ2v) is 8.49. The van der Waals surface area contributed by atoms with Crippen LogP contribution in [0.4, 0.5) is 0 Å². The first-order valence-electron chi connectivity index (χ1n) is 7.58. The van der Waals surface area contributed by atoms with E-state index < -0.39 is 39.1 Å². The van der Waals surface area contributed by atoms with Crippen molar-refractivity contribution in [3.63, 3.8) is 0 Å². The van der Waals surface area contributed by atoms with E-state index in [1.165, 1.54) is 22.1 Å². The van der Waals surface area contributed by atoms with E-state index in [0.717, 1.165) is 0 Å². The van der Waals surface area contributed by atoms with Crippen molar-refractivity contribution in [1.82, 2.24) is 13.9 Å². The molecule has 4 atom stereocenters. The van der Waals surface area contributed by atoms with Gasteiger partial charge in [-0.2, -0.15) is 4.31 Å². The Morgan fingerprint density at radius 3 is 2.70 bits per heavy atom. The van der Waals surface area contributed by atoms with Gasteiger partial charge in [0.05, 0.1) is 17.4 Å². The highest BCUT2D eigenvalue weighted by atomic mass is 32.2. The van der Waals surface area contributed by atoms with Crippen LogP contribution in [-0.4, -0.2) is 46.7 Å². The first-order chi connectivity index (χ1) is 10.6. The molecule has 1 unspecified atom stereocenters. The highest BCUT2D eigenvalue weighted by molar-refractivity contribution is 7.89. The minimum absolute atomic E-state index is 0.0647. The highest BCUT2D eigenvalue weighted by Crippen LogP contribution is 2.50. The quantitative estimate of drug-likeness (QED) is 0.801. The van der Waals surface area contributed by atoms with Gasteiger partial charge in [-0.15, -0.1) is 0 Å². The molecule has 2 bridgehead atoms. The van der Waals surface area contributed by atoms with Crippen molar-refractivity contribution in [3.8, 4) is 0 Å². The number of aryl methyl sites for hydroxylation is 1. The van der Waals surface area contributed by atoms with Gasteiger partial charge in [0, 0.05) is 24.7 Å². The molecule has 0 spiro atoms. The lowest BCUT2D eigenvalue weighted by atomic mass is 9.85. The lowest BCUT2D eigenvalue weighted by molar-refractivity contribution is -0.0733. The summed E-state index contributed by atoms with van der Waals surface area (Å²) in [4.78, 5) is 26.0. The van der Waals surface area contributed by atoms with Gasteiger partial charge in [0.1, 0.15) is 0 Å². The molecule has 2 aliphatic rings. The van der Waals surface area contributed by atoms with Crippen LogP contribution in [0.15, 0.2) is 15.8 Å². The molecule has 0 saturated carbocycles. The zero-order valence-electron chi connectivity index (χ0n) is 13.6. The maximum Gasteiger partial charge on any atom is 0.330 e. The van der Waals surface area contributed by atoms with Crippen molar-refractivity contribution in [3.05, 3.63) is 32.6 Å². The third-order valence-corrected chi connectivity index (χ3v) is 7.27. The molecule has 128 valence electrons. The minimum atomic E-state index is -3.45. The van der Waals surface area contributed by atoms with Crippen LogP contribution in [0.3, 0.4) is 0 Å². The van der Waals surface area contributed by atoms with Gasteiger partial charge >= 0.3 is 5.69 Å². The van der Waals surface area contributed by atoms with Crippen LogP contribution < -0.4 is 11.2 Å². The predicted octanol–water partition coefficient (Wildman–Crippen LogP) is -0.197.